The van der Waals surface area contributed by atoms with Gasteiger partial charge < -0.3 is 10.6 Å². The van der Waals surface area contributed by atoms with Gasteiger partial charge in [-0.3, -0.25) is 4.68 Å². The van der Waals surface area contributed by atoms with Crippen molar-refractivity contribution in [2.75, 3.05) is 18.5 Å². The van der Waals surface area contributed by atoms with Crippen LogP contribution in [0.3, 0.4) is 0 Å². The molecule has 0 aliphatic heterocycles. The molecule has 0 radical (unpaired) electrons. The maximum Gasteiger partial charge on any atom is 0.130 e. The van der Waals surface area contributed by atoms with Crippen molar-refractivity contribution in [2.24, 2.45) is 12.8 Å². The average molecular weight is 272 g/mol. The number of nitrogens with two attached hydrogens (primary N) is 1. The van der Waals surface area contributed by atoms with Crippen LogP contribution >= 0.6 is 0 Å². The van der Waals surface area contributed by atoms with E-state index in [0.29, 0.717) is 6.54 Å². The van der Waals surface area contributed by atoms with Gasteiger partial charge >= 0.3 is 0 Å². The minimum Gasteiger partial charge on any atom is -0.355 e. The first kappa shape index (κ1) is 14.6. The molecule has 4 heteroatoms. The van der Waals surface area contributed by atoms with Crippen molar-refractivity contribution >= 4 is 5.82 Å². The normalized spacial score (nSPS) is 10.8. The van der Waals surface area contributed by atoms with Crippen LogP contribution in [0.2, 0.25) is 0 Å². The van der Waals surface area contributed by atoms with Crippen LogP contribution in [-0.2, 0) is 20.0 Å². The molecule has 1 heterocycles. The summed E-state index contributed by atoms with van der Waals surface area (Å²) >= 11 is 0. The van der Waals surface area contributed by atoms with Gasteiger partial charge in [0.1, 0.15) is 5.82 Å². The van der Waals surface area contributed by atoms with E-state index in [2.05, 4.69) is 48.2 Å². The second kappa shape index (κ2) is 6.09. The summed E-state index contributed by atoms with van der Waals surface area (Å²) in [5, 5.41) is 4.53. The molecule has 0 fully saturated rings. The molecule has 0 spiro atoms. The molecule has 0 saturated carbocycles. The highest BCUT2D eigenvalue weighted by molar-refractivity contribution is 5.50. The fraction of sp³-hybridized carbons (Fsp3) is 0.438. The van der Waals surface area contributed by atoms with Gasteiger partial charge in [0.25, 0.3) is 0 Å². The predicted octanol–water partition coefficient (Wildman–Crippen LogP) is 2.17. The lowest BCUT2D eigenvalue weighted by Gasteiger charge is -2.21. The fourth-order valence-electron chi connectivity index (χ4n) is 2.65. The number of aryl methyl sites for hydroxylation is 3. The lowest BCUT2D eigenvalue weighted by atomic mass is 10.1. The average Bonchev–Trinajstić information content (AvgIpc) is 2.68. The molecule has 0 saturated heterocycles. The molecule has 0 aliphatic rings. The standard InChI is InChI=1S/C16H24N4/c1-12-5-7-14(8-6-12)11-19(3)16-15(9-10-17)13(2)18-20(16)4/h5-8H,9-11,17H2,1-4H3. The third kappa shape index (κ3) is 3.02. The van der Waals surface area contributed by atoms with E-state index in [4.69, 9.17) is 5.73 Å². The van der Waals surface area contributed by atoms with Crippen LogP contribution in [0.1, 0.15) is 22.4 Å². The molecule has 0 unspecified atom stereocenters. The van der Waals surface area contributed by atoms with Gasteiger partial charge in [0, 0.05) is 26.2 Å². The number of aromatic nitrogens is 2. The monoisotopic (exact) mass is 272 g/mol. The Morgan fingerprint density at radius 2 is 1.85 bits per heavy atom. The topological polar surface area (TPSA) is 47.1 Å². The Kier molecular flexibility index (Phi) is 4.45. The van der Waals surface area contributed by atoms with Crippen LogP contribution in [0.5, 0.6) is 0 Å². The summed E-state index contributed by atoms with van der Waals surface area (Å²) < 4.78 is 1.95. The first-order valence-corrected chi connectivity index (χ1v) is 7.02. The molecular formula is C16H24N4. The molecule has 2 N–H and O–H groups in total. The Morgan fingerprint density at radius 1 is 1.20 bits per heavy atom. The lowest BCUT2D eigenvalue weighted by Crippen LogP contribution is -2.21. The first-order chi connectivity index (χ1) is 9.52. The molecule has 0 atom stereocenters. The van der Waals surface area contributed by atoms with Gasteiger partial charge in [0.2, 0.25) is 0 Å². The van der Waals surface area contributed by atoms with E-state index in [-0.39, 0.29) is 0 Å². The number of hydrogen-bond acceptors (Lipinski definition) is 3. The summed E-state index contributed by atoms with van der Waals surface area (Å²) in [6, 6.07) is 8.66. The zero-order valence-electron chi connectivity index (χ0n) is 12.8. The Bertz CT molecular complexity index is 569. The highest BCUT2D eigenvalue weighted by Crippen LogP contribution is 2.24. The Morgan fingerprint density at radius 3 is 2.45 bits per heavy atom. The van der Waals surface area contributed by atoms with Crippen LogP contribution < -0.4 is 10.6 Å². The smallest absolute Gasteiger partial charge is 0.130 e. The van der Waals surface area contributed by atoms with Gasteiger partial charge in [-0.15, -0.1) is 0 Å². The predicted molar refractivity (Wildman–Crippen MR) is 84.0 cm³/mol. The number of rotatable bonds is 5. The highest BCUT2D eigenvalue weighted by Gasteiger charge is 2.16. The zero-order chi connectivity index (χ0) is 14.7. The molecule has 1 aromatic heterocycles. The third-order valence-corrected chi connectivity index (χ3v) is 3.61. The Hall–Kier alpha value is -1.81. The summed E-state index contributed by atoms with van der Waals surface area (Å²) in [5.41, 5.74) is 10.6. The second-order valence-corrected chi connectivity index (χ2v) is 5.39. The van der Waals surface area contributed by atoms with E-state index in [1.165, 1.54) is 16.7 Å². The van der Waals surface area contributed by atoms with Gasteiger partial charge in [0.15, 0.2) is 0 Å². The SMILES string of the molecule is Cc1ccc(CN(C)c2c(CCN)c(C)nn2C)cc1. The molecule has 4 nitrogen and oxygen atoms in total. The van der Waals surface area contributed by atoms with Gasteiger partial charge in [-0.25, -0.2) is 0 Å². The van der Waals surface area contributed by atoms with Crippen molar-refractivity contribution in [3.8, 4) is 0 Å². The molecule has 0 aliphatic carbocycles. The van der Waals surface area contributed by atoms with Crippen molar-refractivity contribution in [1.29, 1.82) is 0 Å². The Balaban J connectivity index is 2.24. The lowest BCUT2D eigenvalue weighted by molar-refractivity contribution is 0.725. The maximum absolute atomic E-state index is 5.72. The van der Waals surface area contributed by atoms with Crippen LogP contribution in [-0.4, -0.2) is 23.4 Å². The second-order valence-electron chi connectivity index (χ2n) is 5.39. The molecular weight excluding hydrogens is 248 g/mol. The number of benzene rings is 1. The molecule has 0 bridgehead atoms. The minimum atomic E-state index is 0.651. The van der Waals surface area contributed by atoms with E-state index in [0.717, 1.165) is 24.5 Å². The van der Waals surface area contributed by atoms with E-state index in [1.807, 2.05) is 18.7 Å². The summed E-state index contributed by atoms with van der Waals surface area (Å²) in [6.45, 7) is 5.68. The molecule has 108 valence electrons. The third-order valence-electron chi connectivity index (χ3n) is 3.61. The van der Waals surface area contributed by atoms with Gasteiger partial charge in [0.05, 0.1) is 5.69 Å². The van der Waals surface area contributed by atoms with Crippen LogP contribution in [0.15, 0.2) is 24.3 Å². The maximum atomic E-state index is 5.72. The van der Waals surface area contributed by atoms with Gasteiger partial charge in [-0.1, -0.05) is 29.8 Å². The number of anilines is 1. The summed E-state index contributed by atoms with van der Waals surface area (Å²) in [6.07, 6.45) is 0.868. The van der Waals surface area contributed by atoms with E-state index in [9.17, 15) is 0 Å². The zero-order valence-corrected chi connectivity index (χ0v) is 12.8. The van der Waals surface area contributed by atoms with Crippen molar-refractivity contribution < 1.29 is 0 Å². The van der Waals surface area contributed by atoms with Crippen molar-refractivity contribution in [1.82, 2.24) is 9.78 Å². The van der Waals surface area contributed by atoms with Crippen molar-refractivity contribution in [2.45, 2.75) is 26.8 Å². The highest BCUT2D eigenvalue weighted by atomic mass is 15.4. The van der Waals surface area contributed by atoms with Gasteiger partial charge in [-0.05, 0) is 32.4 Å². The van der Waals surface area contributed by atoms with Gasteiger partial charge in [-0.2, -0.15) is 5.10 Å². The first-order valence-electron chi connectivity index (χ1n) is 7.02. The van der Waals surface area contributed by atoms with Crippen LogP contribution in [0.25, 0.3) is 0 Å². The summed E-state index contributed by atoms with van der Waals surface area (Å²) in [5.74, 6) is 1.16. The minimum absolute atomic E-state index is 0.651. The van der Waals surface area contributed by atoms with Crippen molar-refractivity contribution in [3.05, 3.63) is 46.6 Å². The molecule has 1 aromatic carbocycles. The fourth-order valence-corrected chi connectivity index (χ4v) is 2.65. The molecule has 0 amide bonds. The number of hydrogen-bond donors (Lipinski definition) is 1. The molecule has 20 heavy (non-hydrogen) atoms. The van der Waals surface area contributed by atoms with E-state index >= 15 is 0 Å². The van der Waals surface area contributed by atoms with E-state index in [1.54, 1.807) is 0 Å². The quantitative estimate of drug-likeness (QED) is 0.907. The Labute approximate surface area is 121 Å². The summed E-state index contributed by atoms with van der Waals surface area (Å²) in [4.78, 5) is 2.25. The molecule has 2 aromatic rings. The van der Waals surface area contributed by atoms with Crippen LogP contribution in [0, 0.1) is 13.8 Å². The van der Waals surface area contributed by atoms with Crippen LogP contribution in [0.4, 0.5) is 5.82 Å². The largest absolute Gasteiger partial charge is 0.355 e. The molecule has 2 rings (SSSR count). The number of nitrogens with zero attached hydrogens (tertiary/aromatic N) is 3. The van der Waals surface area contributed by atoms with Crippen molar-refractivity contribution in [3.63, 3.8) is 0 Å². The summed E-state index contributed by atoms with van der Waals surface area (Å²) in [7, 11) is 4.10. The van der Waals surface area contributed by atoms with E-state index < -0.39 is 0 Å².